The van der Waals surface area contributed by atoms with Crippen molar-refractivity contribution in [3.63, 3.8) is 0 Å². The number of carbonyl (C=O) groups excluding carboxylic acids is 1. The Hall–Kier alpha value is -1.34. The van der Waals surface area contributed by atoms with E-state index in [9.17, 15) is 4.79 Å². The second-order valence-corrected chi connectivity index (χ2v) is 7.12. The van der Waals surface area contributed by atoms with Gasteiger partial charge >= 0.3 is 0 Å². The zero-order valence-electron chi connectivity index (χ0n) is 16.3. The molecule has 0 aromatic rings. The lowest BCUT2D eigenvalue weighted by molar-refractivity contribution is -0.142. The molecule has 2 saturated heterocycles. The maximum absolute atomic E-state index is 12.4. The zero-order chi connectivity index (χ0) is 18.2. The third-order valence-corrected chi connectivity index (χ3v) is 5.03. The van der Waals surface area contributed by atoms with Gasteiger partial charge in [0.1, 0.15) is 6.10 Å². The SMILES string of the molecule is CCNC(=NCCN(C)C(C)C)N1CCN(C(=O)C2CCCO2)CC1. The van der Waals surface area contributed by atoms with Crippen molar-refractivity contribution < 1.29 is 9.53 Å². The van der Waals surface area contributed by atoms with Crippen LogP contribution in [0.3, 0.4) is 0 Å². The fraction of sp³-hybridized carbons (Fsp3) is 0.889. The average molecular weight is 354 g/mol. The van der Waals surface area contributed by atoms with Crippen molar-refractivity contribution in [2.24, 2.45) is 4.99 Å². The first-order valence-corrected chi connectivity index (χ1v) is 9.66. The van der Waals surface area contributed by atoms with Crippen molar-refractivity contribution in [3.8, 4) is 0 Å². The second-order valence-electron chi connectivity index (χ2n) is 7.12. The first-order valence-electron chi connectivity index (χ1n) is 9.66. The molecule has 0 aromatic heterocycles. The normalized spacial score (nSPS) is 22.2. The van der Waals surface area contributed by atoms with E-state index in [-0.39, 0.29) is 12.0 Å². The van der Waals surface area contributed by atoms with Gasteiger partial charge in [-0.1, -0.05) is 0 Å². The Balaban J connectivity index is 1.83. The Morgan fingerprint density at radius 2 is 1.96 bits per heavy atom. The monoisotopic (exact) mass is 353 g/mol. The molecule has 2 heterocycles. The van der Waals surface area contributed by atoms with Gasteiger partial charge in [-0.3, -0.25) is 9.79 Å². The van der Waals surface area contributed by atoms with Gasteiger partial charge in [-0.15, -0.1) is 0 Å². The quantitative estimate of drug-likeness (QED) is 0.560. The van der Waals surface area contributed by atoms with Crippen LogP contribution >= 0.6 is 0 Å². The van der Waals surface area contributed by atoms with Gasteiger partial charge in [-0.2, -0.15) is 0 Å². The number of amides is 1. The van der Waals surface area contributed by atoms with Gasteiger partial charge in [0, 0.05) is 51.9 Å². The smallest absolute Gasteiger partial charge is 0.251 e. The first kappa shape index (κ1) is 20.0. The van der Waals surface area contributed by atoms with Crippen LogP contribution in [0, 0.1) is 0 Å². The molecule has 2 rings (SSSR count). The Bertz CT molecular complexity index is 441. The summed E-state index contributed by atoms with van der Waals surface area (Å²) in [6.07, 6.45) is 1.66. The molecule has 0 spiro atoms. The molecule has 1 atom stereocenters. The highest BCUT2D eigenvalue weighted by Crippen LogP contribution is 2.16. The number of aliphatic imine (C=N–C) groups is 1. The van der Waals surface area contributed by atoms with Crippen LogP contribution in [0.25, 0.3) is 0 Å². The lowest BCUT2D eigenvalue weighted by atomic mass is 10.2. The van der Waals surface area contributed by atoms with E-state index in [4.69, 9.17) is 9.73 Å². The Kier molecular flexibility index (Phi) is 7.96. The number of likely N-dealkylation sites (N-methyl/N-ethyl adjacent to an activating group) is 1. The lowest BCUT2D eigenvalue weighted by Crippen LogP contribution is -2.55. The van der Waals surface area contributed by atoms with Gasteiger partial charge < -0.3 is 24.8 Å². The molecule has 2 fully saturated rings. The molecule has 2 aliphatic rings. The molecule has 0 aromatic carbocycles. The molecule has 144 valence electrons. The minimum absolute atomic E-state index is 0.164. The minimum atomic E-state index is -0.208. The van der Waals surface area contributed by atoms with Gasteiger partial charge in [0.25, 0.3) is 5.91 Å². The van der Waals surface area contributed by atoms with Gasteiger partial charge in [-0.05, 0) is 40.7 Å². The van der Waals surface area contributed by atoms with Gasteiger partial charge in [0.05, 0.1) is 6.54 Å². The van der Waals surface area contributed by atoms with Gasteiger partial charge in [0.2, 0.25) is 0 Å². The molecular weight excluding hydrogens is 318 g/mol. The Morgan fingerprint density at radius 1 is 1.28 bits per heavy atom. The third-order valence-electron chi connectivity index (χ3n) is 5.03. The highest BCUT2D eigenvalue weighted by Gasteiger charge is 2.30. The number of guanidine groups is 1. The maximum atomic E-state index is 12.4. The molecule has 1 amide bonds. The fourth-order valence-corrected chi connectivity index (χ4v) is 3.11. The largest absolute Gasteiger partial charge is 0.368 e. The molecular formula is C18H35N5O2. The number of rotatable bonds is 6. The topological polar surface area (TPSA) is 60.4 Å². The lowest BCUT2D eigenvalue weighted by Gasteiger charge is -2.37. The van der Waals surface area contributed by atoms with Crippen molar-refractivity contribution in [2.45, 2.75) is 45.8 Å². The molecule has 0 bridgehead atoms. The highest BCUT2D eigenvalue weighted by atomic mass is 16.5. The van der Waals surface area contributed by atoms with E-state index >= 15 is 0 Å². The van der Waals surface area contributed by atoms with Crippen LogP contribution in [0.5, 0.6) is 0 Å². The zero-order valence-corrected chi connectivity index (χ0v) is 16.3. The van der Waals surface area contributed by atoms with E-state index in [0.717, 1.165) is 71.2 Å². The molecule has 1 N–H and O–H groups in total. The highest BCUT2D eigenvalue weighted by molar-refractivity contribution is 5.82. The Labute approximate surface area is 152 Å². The molecule has 7 heteroatoms. The molecule has 2 aliphatic heterocycles. The molecule has 1 unspecified atom stereocenters. The summed E-state index contributed by atoms with van der Waals surface area (Å²) in [5, 5.41) is 3.38. The number of hydrogen-bond acceptors (Lipinski definition) is 4. The number of ether oxygens (including phenoxy) is 1. The van der Waals surface area contributed by atoms with Crippen LogP contribution in [0.15, 0.2) is 4.99 Å². The predicted molar refractivity (Wildman–Crippen MR) is 101 cm³/mol. The number of carbonyl (C=O) groups is 1. The predicted octanol–water partition coefficient (Wildman–Crippen LogP) is 0.615. The molecule has 0 aliphatic carbocycles. The van der Waals surface area contributed by atoms with Crippen LogP contribution < -0.4 is 5.32 Å². The van der Waals surface area contributed by atoms with E-state index in [1.54, 1.807) is 0 Å². The van der Waals surface area contributed by atoms with Crippen LogP contribution in [0.1, 0.15) is 33.6 Å². The van der Waals surface area contributed by atoms with Crippen molar-refractivity contribution in [3.05, 3.63) is 0 Å². The third kappa shape index (κ3) is 5.85. The second kappa shape index (κ2) is 9.97. The Morgan fingerprint density at radius 3 is 2.52 bits per heavy atom. The number of nitrogens with one attached hydrogen (secondary N) is 1. The first-order chi connectivity index (χ1) is 12.0. The van der Waals surface area contributed by atoms with E-state index in [2.05, 4.69) is 42.9 Å². The standard InChI is InChI=1S/C18H35N5O2/c1-5-19-18(20-8-9-21(4)15(2)3)23-12-10-22(11-13-23)17(24)16-7-6-14-25-16/h15-16H,5-14H2,1-4H3,(H,19,20). The molecule has 7 nitrogen and oxygen atoms in total. The maximum Gasteiger partial charge on any atom is 0.251 e. The van der Waals surface area contributed by atoms with Crippen LogP contribution in [0.4, 0.5) is 0 Å². The molecule has 25 heavy (non-hydrogen) atoms. The number of nitrogens with zero attached hydrogens (tertiary/aromatic N) is 4. The summed E-state index contributed by atoms with van der Waals surface area (Å²) in [7, 11) is 2.13. The van der Waals surface area contributed by atoms with Crippen molar-refractivity contribution in [1.82, 2.24) is 20.0 Å². The summed E-state index contributed by atoms with van der Waals surface area (Å²) < 4.78 is 5.53. The summed E-state index contributed by atoms with van der Waals surface area (Å²) in [5.41, 5.74) is 0. The summed E-state index contributed by atoms with van der Waals surface area (Å²) in [5.74, 6) is 1.13. The van der Waals surface area contributed by atoms with E-state index in [1.807, 2.05) is 4.90 Å². The van der Waals surface area contributed by atoms with Gasteiger partial charge in [0.15, 0.2) is 5.96 Å². The summed E-state index contributed by atoms with van der Waals surface area (Å²) in [6.45, 7) is 12.9. The van der Waals surface area contributed by atoms with Crippen LogP contribution in [-0.2, 0) is 9.53 Å². The van der Waals surface area contributed by atoms with E-state index in [1.165, 1.54) is 0 Å². The summed E-state index contributed by atoms with van der Waals surface area (Å²) >= 11 is 0. The van der Waals surface area contributed by atoms with Crippen LogP contribution in [-0.4, -0.2) is 98.2 Å². The van der Waals surface area contributed by atoms with E-state index < -0.39 is 0 Å². The average Bonchev–Trinajstić information content (AvgIpc) is 3.15. The van der Waals surface area contributed by atoms with Gasteiger partial charge in [-0.25, -0.2) is 0 Å². The van der Waals surface area contributed by atoms with Crippen molar-refractivity contribution >= 4 is 11.9 Å². The minimum Gasteiger partial charge on any atom is -0.368 e. The van der Waals surface area contributed by atoms with Crippen molar-refractivity contribution in [1.29, 1.82) is 0 Å². The molecule has 0 radical (unpaired) electrons. The fourth-order valence-electron chi connectivity index (χ4n) is 3.11. The van der Waals surface area contributed by atoms with E-state index in [0.29, 0.717) is 6.04 Å². The number of hydrogen-bond donors (Lipinski definition) is 1. The van der Waals surface area contributed by atoms with Crippen LogP contribution in [0.2, 0.25) is 0 Å². The van der Waals surface area contributed by atoms with Crippen molar-refractivity contribution in [2.75, 3.05) is 59.5 Å². The summed E-state index contributed by atoms with van der Waals surface area (Å²) in [4.78, 5) is 23.7. The number of piperazine rings is 1. The summed E-state index contributed by atoms with van der Waals surface area (Å²) in [6, 6.07) is 0.533. The molecule has 0 saturated carbocycles.